The van der Waals surface area contributed by atoms with Crippen molar-refractivity contribution in [3.8, 4) is 10.7 Å². The predicted octanol–water partition coefficient (Wildman–Crippen LogP) is 3.63. The van der Waals surface area contributed by atoms with E-state index < -0.39 is 16.0 Å². The van der Waals surface area contributed by atoms with Gasteiger partial charge in [0.1, 0.15) is 0 Å². The number of aromatic nitrogens is 2. The summed E-state index contributed by atoms with van der Waals surface area (Å²) in [4.78, 5) is 17.4. The molecule has 158 valence electrons. The van der Waals surface area contributed by atoms with Gasteiger partial charge < -0.3 is 9.26 Å². The molecule has 0 aliphatic carbocycles. The Morgan fingerprint density at radius 2 is 1.90 bits per heavy atom. The number of carbonyl (C=O) groups is 1. The zero-order chi connectivity index (χ0) is 21.7. The lowest BCUT2D eigenvalue weighted by molar-refractivity contribution is 0.0429. The lowest BCUT2D eigenvalue weighted by Crippen LogP contribution is -2.23. The first-order valence-corrected chi connectivity index (χ1v) is 11.5. The SMILES string of the molecule is O=C(OCc1nc(-c2cccs2)no1)c1cccc(S(=O)(=O)NCc2ccccc2)c1. The van der Waals surface area contributed by atoms with Crippen LogP contribution in [0.1, 0.15) is 21.8 Å². The van der Waals surface area contributed by atoms with Crippen molar-refractivity contribution in [3.05, 3.63) is 89.1 Å². The maximum Gasteiger partial charge on any atom is 0.338 e. The van der Waals surface area contributed by atoms with E-state index in [0.29, 0.717) is 5.82 Å². The van der Waals surface area contributed by atoms with Crippen molar-refractivity contribution in [2.45, 2.75) is 18.0 Å². The molecule has 0 radical (unpaired) electrons. The van der Waals surface area contributed by atoms with E-state index in [1.54, 1.807) is 0 Å². The summed E-state index contributed by atoms with van der Waals surface area (Å²) in [6.45, 7) is -0.0813. The fourth-order valence-electron chi connectivity index (χ4n) is 2.68. The molecule has 0 aliphatic heterocycles. The van der Waals surface area contributed by atoms with E-state index in [9.17, 15) is 13.2 Å². The molecule has 4 rings (SSSR count). The molecule has 0 saturated carbocycles. The van der Waals surface area contributed by atoms with E-state index in [0.717, 1.165) is 10.4 Å². The molecule has 0 atom stereocenters. The number of thiophene rings is 1. The largest absolute Gasteiger partial charge is 0.452 e. The molecule has 0 aliphatic rings. The molecule has 31 heavy (non-hydrogen) atoms. The molecule has 2 heterocycles. The lowest BCUT2D eigenvalue weighted by Gasteiger charge is -2.08. The zero-order valence-corrected chi connectivity index (χ0v) is 17.7. The van der Waals surface area contributed by atoms with Crippen LogP contribution >= 0.6 is 11.3 Å². The van der Waals surface area contributed by atoms with E-state index >= 15 is 0 Å². The highest BCUT2D eigenvalue weighted by molar-refractivity contribution is 7.89. The Bertz CT molecular complexity index is 1270. The molecule has 0 fully saturated rings. The van der Waals surface area contributed by atoms with Crippen molar-refractivity contribution < 1.29 is 22.5 Å². The minimum Gasteiger partial charge on any atom is -0.452 e. The Labute approximate surface area is 182 Å². The van der Waals surface area contributed by atoms with Crippen LogP contribution in [-0.4, -0.2) is 24.5 Å². The van der Waals surface area contributed by atoms with Crippen molar-refractivity contribution in [2.75, 3.05) is 0 Å². The fourth-order valence-corrected chi connectivity index (χ4v) is 4.39. The third-order valence-corrected chi connectivity index (χ3v) is 6.49. The monoisotopic (exact) mass is 455 g/mol. The van der Waals surface area contributed by atoms with Gasteiger partial charge in [-0.1, -0.05) is 47.6 Å². The fraction of sp³-hybridized carbons (Fsp3) is 0.0952. The number of sulfonamides is 1. The van der Waals surface area contributed by atoms with E-state index in [4.69, 9.17) is 9.26 Å². The van der Waals surface area contributed by atoms with Crippen LogP contribution in [0.3, 0.4) is 0 Å². The van der Waals surface area contributed by atoms with Crippen molar-refractivity contribution in [3.63, 3.8) is 0 Å². The van der Waals surface area contributed by atoms with Gasteiger partial charge in [0.05, 0.1) is 15.3 Å². The number of benzene rings is 2. The topological polar surface area (TPSA) is 111 Å². The summed E-state index contributed by atoms with van der Waals surface area (Å²) in [5.74, 6) is -0.139. The second-order valence-electron chi connectivity index (χ2n) is 6.40. The average molecular weight is 456 g/mol. The Morgan fingerprint density at radius 1 is 1.06 bits per heavy atom. The van der Waals surface area contributed by atoms with Gasteiger partial charge in [-0.05, 0) is 35.2 Å². The molecule has 0 amide bonds. The van der Waals surface area contributed by atoms with Crippen LogP contribution in [0.4, 0.5) is 0 Å². The zero-order valence-electron chi connectivity index (χ0n) is 16.1. The minimum atomic E-state index is -3.80. The van der Waals surface area contributed by atoms with Gasteiger partial charge in [-0.15, -0.1) is 11.3 Å². The van der Waals surface area contributed by atoms with Crippen LogP contribution in [0, 0.1) is 0 Å². The smallest absolute Gasteiger partial charge is 0.338 e. The average Bonchev–Trinajstić information content (AvgIpc) is 3.49. The van der Waals surface area contributed by atoms with Crippen molar-refractivity contribution in [2.24, 2.45) is 0 Å². The van der Waals surface area contributed by atoms with Gasteiger partial charge in [-0.2, -0.15) is 4.98 Å². The van der Waals surface area contributed by atoms with E-state index in [2.05, 4.69) is 14.9 Å². The Balaban J connectivity index is 1.39. The number of hydrogen-bond donors (Lipinski definition) is 1. The van der Waals surface area contributed by atoms with Crippen LogP contribution in [0.25, 0.3) is 10.7 Å². The summed E-state index contributed by atoms with van der Waals surface area (Å²) >= 11 is 1.46. The normalized spacial score (nSPS) is 11.4. The molecule has 0 saturated heterocycles. The molecular weight excluding hydrogens is 438 g/mol. The maximum atomic E-state index is 12.6. The van der Waals surface area contributed by atoms with Crippen LogP contribution in [-0.2, 0) is 27.9 Å². The van der Waals surface area contributed by atoms with Crippen molar-refractivity contribution in [1.29, 1.82) is 0 Å². The number of nitrogens with zero attached hydrogens (tertiary/aromatic N) is 2. The minimum absolute atomic E-state index is 0.0318. The molecule has 4 aromatic rings. The van der Waals surface area contributed by atoms with Gasteiger partial charge in [0.15, 0.2) is 6.61 Å². The van der Waals surface area contributed by atoms with Gasteiger partial charge in [-0.3, -0.25) is 0 Å². The second-order valence-corrected chi connectivity index (χ2v) is 9.12. The number of nitrogens with one attached hydrogen (secondary N) is 1. The molecular formula is C21H17N3O5S2. The highest BCUT2D eigenvalue weighted by Crippen LogP contribution is 2.21. The van der Waals surface area contributed by atoms with Gasteiger partial charge in [0.25, 0.3) is 5.89 Å². The number of rotatable bonds is 8. The summed E-state index contributed by atoms with van der Waals surface area (Å²) in [6, 6.07) is 18.5. The summed E-state index contributed by atoms with van der Waals surface area (Å²) in [5.41, 5.74) is 0.920. The number of esters is 1. The molecule has 2 aromatic heterocycles. The highest BCUT2D eigenvalue weighted by Gasteiger charge is 2.18. The Hall–Kier alpha value is -3.34. The molecule has 10 heteroatoms. The molecule has 0 unspecified atom stereocenters. The van der Waals surface area contributed by atoms with Crippen LogP contribution in [0.2, 0.25) is 0 Å². The Morgan fingerprint density at radius 3 is 2.68 bits per heavy atom. The first-order chi connectivity index (χ1) is 15.0. The summed E-state index contributed by atoms with van der Waals surface area (Å²) in [5, 5.41) is 5.74. The van der Waals surface area contributed by atoms with Crippen molar-refractivity contribution in [1.82, 2.24) is 14.9 Å². The van der Waals surface area contributed by atoms with Gasteiger partial charge in [0.2, 0.25) is 15.8 Å². The third-order valence-electron chi connectivity index (χ3n) is 4.23. The van der Waals surface area contributed by atoms with E-state index in [1.807, 2.05) is 47.8 Å². The highest BCUT2D eigenvalue weighted by atomic mass is 32.2. The second kappa shape index (κ2) is 9.21. The number of hydrogen-bond acceptors (Lipinski definition) is 8. The number of carbonyl (C=O) groups excluding carboxylic acids is 1. The molecule has 2 aromatic carbocycles. The molecule has 0 spiro atoms. The maximum absolute atomic E-state index is 12.6. The van der Waals surface area contributed by atoms with Crippen LogP contribution < -0.4 is 4.72 Å². The lowest BCUT2D eigenvalue weighted by atomic mass is 10.2. The van der Waals surface area contributed by atoms with Gasteiger partial charge in [0, 0.05) is 6.54 Å². The van der Waals surface area contributed by atoms with Gasteiger partial charge in [-0.25, -0.2) is 17.9 Å². The van der Waals surface area contributed by atoms with Crippen LogP contribution in [0.15, 0.2) is 81.5 Å². The Kier molecular flexibility index (Phi) is 6.21. The standard InChI is InChI=1S/C21H17N3O5S2/c25-21(28-14-19-23-20(24-29-19)18-10-5-11-30-18)16-8-4-9-17(12-16)31(26,27)22-13-15-6-2-1-3-7-15/h1-12,22H,13-14H2. The first kappa shape index (κ1) is 20.9. The van der Waals surface area contributed by atoms with Gasteiger partial charge >= 0.3 is 5.97 Å². The van der Waals surface area contributed by atoms with Crippen LogP contribution in [0.5, 0.6) is 0 Å². The predicted molar refractivity (Wildman–Crippen MR) is 114 cm³/mol. The summed E-state index contributed by atoms with van der Waals surface area (Å²) < 4.78 is 38.0. The van der Waals surface area contributed by atoms with Crippen molar-refractivity contribution >= 4 is 27.3 Å². The quantitative estimate of drug-likeness (QED) is 0.404. The first-order valence-electron chi connectivity index (χ1n) is 9.18. The third kappa shape index (κ3) is 5.23. The summed E-state index contributed by atoms with van der Waals surface area (Å²) in [6.07, 6.45) is 0. The molecule has 8 nitrogen and oxygen atoms in total. The summed E-state index contributed by atoms with van der Waals surface area (Å²) in [7, 11) is -3.80. The molecule has 1 N–H and O–H groups in total. The number of ether oxygens (including phenoxy) is 1. The van der Waals surface area contributed by atoms with E-state index in [-0.39, 0.29) is 29.5 Å². The molecule has 0 bridgehead atoms. The van der Waals surface area contributed by atoms with E-state index in [1.165, 1.54) is 35.6 Å².